The summed E-state index contributed by atoms with van der Waals surface area (Å²) in [5.74, 6) is -0.781. The number of rotatable bonds is 2. The third-order valence-corrected chi connectivity index (χ3v) is 2.60. The predicted octanol–water partition coefficient (Wildman–Crippen LogP) is 1.67. The van der Waals surface area contributed by atoms with Crippen molar-refractivity contribution in [1.29, 1.82) is 0 Å². The van der Waals surface area contributed by atoms with Crippen molar-refractivity contribution in [2.45, 2.75) is 38.2 Å². The van der Waals surface area contributed by atoms with Gasteiger partial charge in [0.05, 0.1) is 12.0 Å². The molecule has 1 saturated carbocycles. The summed E-state index contributed by atoms with van der Waals surface area (Å²) >= 11 is 0. The average Bonchev–Trinajstić information content (AvgIpc) is 2.28. The highest BCUT2D eigenvalue weighted by atomic mass is 16.5. The quantitative estimate of drug-likeness (QED) is 0.644. The highest BCUT2D eigenvalue weighted by Crippen LogP contribution is 2.24. The van der Waals surface area contributed by atoms with E-state index < -0.39 is 5.97 Å². The van der Waals surface area contributed by atoms with Crippen LogP contribution in [0.25, 0.3) is 0 Å². The van der Waals surface area contributed by atoms with Crippen LogP contribution in [0.3, 0.4) is 0 Å². The number of methoxy groups -OCH3 is 1. The number of carbonyl (C=O) groups is 1. The van der Waals surface area contributed by atoms with Gasteiger partial charge in [0.15, 0.2) is 0 Å². The summed E-state index contributed by atoms with van der Waals surface area (Å²) in [5.41, 5.74) is 0. The fourth-order valence-corrected chi connectivity index (χ4v) is 1.75. The lowest BCUT2D eigenvalue weighted by atomic mass is 10.0. The lowest BCUT2D eigenvalue weighted by molar-refractivity contribution is -0.142. The van der Waals surface area contributed by atoms with E-state index in [2.05, 4.69) is 0 Å². The minimum atomic E-state index is -0.647. The molecule has 2 atom stereocenters. The number of ether oxygens (including phenoxy) is 1. The molecule has 0 spiro atoms. The van der Waals surface area contributed by atoms with Crippen LogP contribution < -0.4 is 0 Å². The van der Waals surface area contributed by atoms with Gasteiger partial charge in [-0.05, 0) is 25.7 Å². The summed E-state index contributed by atoms with van der Waals surface area (Å²) in [6.45, 7) is 0. The van der Waals surface area contributed by atoms with Crippen molar-refractivity contribution >= 4 is 5.97 Å². The van der Waals surface area contributed by atoms with E-state index >= 15 is 0 Å². The van der Waals surface area contributed by atoms with Crippen molar-refractivity contribution in [2.75, 3.05) is 7.11 Å². The molecule has 70 valence electrons. The van der Waals surface area contributed by atoms with Gasteiger partial charge in [0.2, 0.25) is 0 Å². The molecule has 3 nitrogen and oxygen atoms in total. The highest BCUT2D eigenvalue weighted by molar-refractivity contribution is 5.69. The zero-order chi connectivity index (χ0) is 8.97. The fraction of sp³-hybridized carbons (Fsp3) is 0.889. The molecule has 0 amide bonds. The summed E-state index contributed by atoms with van der Waals surface area (Å²) in [6.07, 6.45) is 4.76. The van der Waals surface area contributed by atoms with Crippen LogP contribution in [-0.4, -0.2) is 24.3 Å². The molecular formula is C9H16O3. The van der Waals surface area contributed by atoms with Gasteiger partial charge in [0.25, 0.3) is 0 Å². The van der Waals surface area contributed by atoms with Gasteiger partial charge in [-0.25, -0.2) is 0 Å². The van der Waals surface area contributed by atoms with Crippen molar-refractivity contribution in [3.05, 3.63) is 0 Å². The second kappa shape index (κ2) is 4.45. The molecule has 1 aliphatic rings. The Bertz CT molecular complexity index is 156. The predicted molar refractivity (Wildman–Crippen MR) is 45.0 cm³/mol. The molecule has 0 aromatic rings. The first-order chi connectivity index (χ1) is 5.74. The molecule has 1 N–H and O–H groups in total. The standard InChI is InChI=1S/C9H16O3/c1-12-8-4-2-3-7(5-6-8)9(10)11/h7-8H,2-6H2,1H3,(H,10,11)/t7-,8-/m1/s1. The number of aliphatic carboxylic acids is 1. The SMILES string of the molecule is CO[C@@H]1CCC[C@@H](C(=O)O)CC1. The Labute approximate surface area is 72.7 Å². The lowest BCUT2D eigenvalue weighted by Crippen LogP contribution is -2.13. The maximum absolute atomic E-state index is 10.7. The van der Waals surface area contributed by atoms with Crippen LogP contribution in [0.4, 0.5) is 0 Å². The first-order valence-electron chi connectivity index (χ1n) is 4.49. The first kappa shape index (κ1) is 9.52. The Morgan fingerprint density at radius 3 is 2.67 bits per heavy atom. The van der Waals surface area contributed by atoms with Crippen LogP contribution >= 0.6 is 0 Å². The molecule has 1 fully saturated rings. The van der Waals surface area contributed by atoms with Crippen LogP contribution in [0.2, 0.25) is 0 Å². The number of hydrogen-bond acceptors (Lipinski definition) is 2. The number of carboxylic acids is 1. The van der Waals surface area contributed by atoms with E-state index in [1.165, 1.54) is 0 Å². The smallest absolute Gasteiger partial charge is 0.306 e. The molecule has 0 heterocycles. The van der Waals surface area contributed by atoms with Gasteiger partial charge >= 0.3 is 5.97 Å². The monoisotopic (exact) mass is 172 g/mol. The second-order valence-electron chi connectivity index (χ2n) is 3.40. The molecule has 0 aromatic heterocycles. The van der Waals surface area contributed by atoms with E-state index in [-0.39, 0.29) is 12.0 Å². The van der Waals surface area contributed by atoms with Gasteiger partial charge in [-0.1, -0.05) is 6.42 Å². The van der Waals surface area contributed by atoms with Crippen LogP contribution in [0, 0.1) is 5.92 Å². The fourth-order valence-electron chi connectivity index (χ4n) is 1.75. The molecule has 0 radical (unpaired) electrons. The van der Waals surface area contributed by atoms with E-state index in [0.717, 1.165) is 32.1 Å². The summed E-state index contributed by atoms with van der Waals surface area (Å²) in [6, 6.07) is 0. The molecule has 3 heteroatoms. The largest absolute Gasteiger partial charge is 0.481 e. The second-order valence-corrected chi connectivity index (χ2v) is 3.40. The normalized spacial score (nSPS) is 31.1. The third kappa shape index (κ3) is 2.48. The molecule has 1 rings (SSSR count). The maximum atomic E-state index is 10.7. The molecule has 0 saturated heterocycles. The van der Waals surface area contributed by atoms with E-state index in [9.17, 15) is 4.79 Å². The molecule has 0 unspecified atom stereocenters. The van der Waals surface area contributed by atoms with Crippen LogP contribution in [0.5, 0.6) is 0 Å². The van der Waals surface area contributed by atoms with Crippen molar-refractivity contribution in [2.24, 2.45) is 5.92 Å². The van der Waals surface area contributed by atoms with Crippen LogP contribution in [0.1, 0.15) is 32.1 Å². The van der Waals surface area contributed by atoms with Gasteiger partial charge in [-0.3, -0.25) is 4.79 Å². The summed E-state index contributed by atoms with van der Waals surface area (Å²) in [7, 11) is 1.70. The van der Waals surface area contributed by atoms with Crippen molar-refractivity contribution in [1.82, 2.24) is 0 Å². The summed E-state index contributed by atoms with van der Waals surface area (Å²) in [5, 5.41) is 8.78. The molecule has 0 aromatic carbocycles. The van der Waals surface area contributed by atoms with Gasteiger partial charge in [-0.2, -0.15) is 0 Å². The van der Waals surface area contributed by atoms with E-state index in [1.807, 2.05) is 0 Å². The summed E-state index contributed by atoms with van der Waals surface area (Å²) in [4.78, 5) is 10.7. The van der Waals surface area contributed by atoms with Gasteiger partial charge in [0.1, 0.15) is 0 Å². The van der Waals surface area contributed by atoms with Crippen molar-refractivity contribution in [3.8, 4) is 0 Å². The van der Waals surface area contributed by atoms with Crippen molar-refractivity contribution in [3.63, 3.8) is 0 Å². The van der Waals surface area contributed by atoms with Crippen LogP contribution in [0.15, 0.2) is 0 Å². The van der Waals surface area contributed by atoms with Crippen molar-refractivity contribution < 1.29 is 14.6 Å². The topological polar surface area (TPSA) is 46.5 Å². The molecule has 12 heavy (non-hydrogen) atoms. The van der Waals surface area contributed by atoms with E-state index in [1.54, 1.807) is 7.11 Å². The summed E-state index contributed by atoms with van der Waals surface area (Å²) < 4.78 is 5.21. The Hall–Kier alpha value is -0.570. The number of carboxylic acid groups (broad SMARTS) is 1. The number of hydrogen-bond donors (Lipinski definition) is 1. The van der Waals surface area contributed by atoms with Gasteiger partial charge in [0, 0.05) is 7.11 Å². The lowest BCUT2D eigenvalue weighted by Gasteiger charge is -2.10. The minimum Gasteiger partial charge on any atom is -0.481 e. The molecule has 1 aliphatic carbocycles. The average molecular weight is 172 g/mol. The molecule has 0 bridgehead atoms. The first-order valence-corrected chi connectivity index (χ1v) is 4.49. The Morgan fingerprint density at radius 1 is 1.33 bits per heavy atom. The Kier molecular flexibility index (Phi) is 3.53. The minimum absolute atomic E-state index is 0.134. The van der Waals surface area contributed by atoms with E-state index in [4.69, 9.17) is 9.84 Å². The van der Waals surface area contributed by atoms with Gasteiger partial charge in [-0.15, -0.1) is 0 Å². The third-order valence-electron chi connectivity index (χ3n) is 2.60. The Balaban J connectivity index is 2.39. The van der Waals surface area contributed by atoms with E-state index in [0.29, 0.717) is 0 Å². The maximum Gasteiger partial charge on any atom is 0.306 e. The van der Waals surface area contributed by atoms with Crippen LogP contribution in [-0.2, 0) is 9.53 Å². The van der Waals surface area contributed by atoms with Gasteiger partial charge < -0.3 is 9.84 Å². The zero-order valence-electron chi connectivity index (χ0n) is 7.45. The Morgan fingerprint density at radius 2 is 2.08 bits per heavy atom. The molecule has 0 aliphatic heterocycles. The zero-order valence-corrected chi connectivity index (χ0v) is 7.45. The molecular weight excluding hydrogens is 156 g/mol. The highest BCUT2D eigenvalue weighted by Gasteiger charge is 2.22.